The highest BCUT2D eigenvalue weighted by atomic mass is 16.5. The van der Waals surface area contributed by atoms with Crippen LogP contribution >= 0.6 is 0 Å². The number of hydrogen-bond donors (Lipinski definition) is 1. The van der Waals surface area contributed by atoms with E-state index in [0.29, 0.717) is 17.9 Å². The van der Waals surface area contributed by atoms with Gasteiger partial charge in [-0.05, 0) is 25.2 Å². The molecule has 1 aromatic heterocycles. The molecule has 1 aromatic rings. The van der Waals surface area contributed by atoms with E-state index in [1.54, 1.807) is 7.11 Å². The van der Waals surface area contributed by atoms with Gasteiger partial charge >= 0.3 is 6.01 Å². The average molecular weight is 265 g/mol. The molecule has 0 amide bonds. The lowest BCUT2D eigenvalue weighted by Gasteiger charge is -2.30. The Hall–Kier alpha value is -1.59. The summed E-state index contributed by atoms with van der Waals surface area (Å²) in [6.07, 6.45) is 5.00. The van der Waals surface area contributed by atoms with Gasteiger partial charge in [0.05, 0.1) is 7.11 Å². The van der Waals surface area contributed by atoms with Crippen molar-refractivity contribution < 1.29 is 4.74 Å². The number of hydrogen-bond acceptors (Lipinski definition) is 6. The number of nitrogens with zero attached hydrogens (tertiary/aromatic N) is 4. The third-order valence-corrected chi connectivity index (χ3v) is 3.42. The fourth-order valence-corrected chi connectivity index (χ4v) is 2.07. The maximum absolute atomic E-state index is 5.14. The van der Waals surface area contributed by atoms with E-state index in [1.165, 1.54) is 19.3 Å². The van der Waals surface area contributed by atoms with Crippen molar-refractivity contribution in [2.45, 2.75) is 32.6 Å². The summed E-state index contributed by atoms with van der Waals surface area (Å²) in [6, 6.07) is 0.365. The molecule has 1 fully saturated rings. The van der Waals surface area contributed by atoms with Crippen LogP contribution in [0.25, 0.3) is 0 Å². The molecule has 0 radical (unpaired) electrons. The maximum atomic E-state index is 5.14. The predicted molar refractivity (Wildman–Crippen MR) is 75.8 cm³/mol. The van der Waals surface area contributed by atoms with Crippen LogP contribution in [0.3, 0.4) is 0 Å². The summed E-state index contributed by atoms with van der Waals surface area (Å²) in [7, 11) is 3.60. The molecule has 1 saturated carbocycles. The summed E-state index contributed by atoms with van der Waals surface area (Å²) in [5.41, 5.74) is 0. The SMILES string of the molecule is CCCNc1nc(OC)nc(N(C)CC2CCC2)n1. The molecule has 0 spiro atoms. The van der Waals surface area contributed by atoms with E-state index in [9.17, 15) is 0 Å². The molecule has 0 bridgehead atoms. The van der Waals surface area contributed by atoms with Gasteiger partial charge in [0.25, 0.3) is 0 Å². The van der Waals surface area contributed by atoms with Crippen LogP contribution in [0.2, 0.25) is 0 Å². The summed E-state index contributed by atoms with van der Waals surface area (Å²) in [5.74, 6) is 2.04. The second kappa shape index (κ2) is 6.54. The monoisotopic (exact) mass is 265 g/mol. The minimum atomic E-state index is 0.365. The molecular weight excluding hydrogens is 242 g/mol. The normalized spacial score (nSPS) is 14.9. The van der Waals surface area contributed by atoms with Gasteiger partial charge in [0.1, 0.15) is 0 Å². The van der Waals surface area contributed by atoms with Crippen molar-refractivity contribution in [2.24, 2.45) is 5.92 Å². The van der Waals surface area contributed by atoms with Crippen LogP contribution in [0.4, 0.5) is 11.9 Å². The van der Waals surface area contributed by atoms with Gasteiger partial charge in [-0.15, -0.1) is 0 Å². The predicted octanol–water partition coefficient (Wildman–Crippen LogP) is 1.94. The number of anilines is 2. The van der Waals surface area contributed by atoms with Crippen molar-refractivity contribution in [1.82, 2.24) is 15.0 Å². The van der Waals surface area contributed by atoms with E-state index in [1.807, 2.05) is 7.05 Å². The molecule has 0 atom stereocenters. The van der Waals surface area contributed by atoms with E-state index in [4.69, 9.17) is 4.74 Å². The highest BCUT2D eigenvalue weighted by molar-refractivity contribution is 5.37. The average Bonchev–Trinajstić information content (AvgIpc) is 2.39. The van der Waals surface area contributed by atoms with E-state index >= 15 is 0 Å². The third-order valence-electron chi connectivity index (χ3n) is 3.42. The summed E-state index contributed by atoms with van der Waals surface area (Å²) in [6.45, 7) is 3.95. The second-order valence-electron chi connectivity index (χ2n) is 5.05. The Bertz CT molecular complexity index is 408. The smallest absolute Gasteiger partial charge is 0.322 e. The van der Waals surface area contributed by atoms with Crippen LogP contribution in [0.1, 0.15) is 32.6 Å². The first-order valence-electron chi connectivity index (χ1n) is 6.98. The summed E-state index contributed by atoms with van der Waals surface area (Å²) in [5, 5.41) is 3.18. The molecule has 6 nitrogen and oxygen atoms in total. The van der Waals surface area contributed by atoms with Gasteiger partial charge in [-0.2, -0.15) is 15.0 Å². The number of rotatable bonds is 7. The van der Waals surface area contributed by atoms with Crippen molar-refractivity contribution >= 4 is 11.9 Å². The van der Waals surface area contributed by atoms with Crippen LogP contribution in [-0.2, 0) is 0 Å². The second-order valence-corrected chi connectivity index (χ2v) is 5.05. The molecule has 1 aliphatic carbocycles. The molecule has 0 saturated heterocycles. The topological polar surface area (TPSA) is 63.2 Å². The van der Waals surface area contributed by atoms with Crippen molar-refractivity contribution in [1.29, 1.82) is 0 Å². The first-order valence-corrected chi connectivity index (χ1v) is 6.98. The van der Waals surface area contributed by atoms with Crippen molar-refractivity contribution in [3.8, 4) is 6.01 Å². The zero-order valence-electron chi connectivity index (χ0n) is 12.0. The Balaban J connectivity index is 2.07. The quantitative estimate of drug-likeness (QED) is 0.813. The molecule has 0 unspecified atom stereocenters. The van der Waals surface area contributed by atoms with Gasteiger partial charge in [-0.25, -0.2) is 0 Å². The highest BCUT2D eigenvalue weighted by Gasteiger charge is 2.21. The van der Waals surface area contributed by atoms with Gasteiger partial charge in [0.15, 0.2) is 0 Å². The summed E-state index contributed by atoms with van der Waals surface area (Å²) >= 11 is 0. The summed E-state index contributed by atoms with van der Waals surface area (Å²) in [4.78, 5) is 15.0. The lowest BCUT2D eigenvalue weighted by Crippen LogP contribution is -2.30. The van der Waals surface area contributed by atoms with Crippen LogP contribution in [0, 0.1) is 5.92 Å². The third kappa shape index (κ3) is 3.68. The molecule has 0 aliphatic heterocycles. The largest absolute Gasteiger partial charge is 0.467 e. The molecule has 1 aliphatic rings. The first kappa shape index (κ1) is 13.8. The zero-order chi connectivity index (χ0) is 13.7. The zero-order valence-corrected chi connectivity index (χ0v) is 12.0. The summed E-state index contributed by atoms with van der Waals surface area (Å²) < 4.78 is 5.14. The molecule has 19 heavy (non-hydrogen) atoms. The number of nitrogens with one attached hydrogen (secondary N) is 1. The molecule has 6 heteroatoms. The van der Waals surface area contributed by atoms with Gasteiger partial charge in [-0.3, -0.25) is 0 Å². The number of aromatic nitrogens is 3. The standard InChI is InChI=1S/C13H23N5O/c1-4-8-14-11-15-12(17-13(16-11)19-3)18(2)9-10-6-5-7-10/h10H,4-9H2,1-3H3,(H,14,15,16,17). The first-order chi connectivity index (χ1) is 9.22. The Labute approximate surface area is 114 Å². The lowest BCUT2D eigenvalue weighted by atomic mass is 9.85. The Morgan fingerprint density at radius 3 is 2.68 bits per heavy atom. The van der Waals surface area contributed by atoms with E-state index in [0.717, 1.165) is 25.4 Å². The molecule has 1 heterocycles. The minimum absolute atomic E-state index is 0.365. The van der Waals surface area contributed by atoms with Gasteiger partial charge in [0, 0.05) is 20.1 Å². The van der Waals surface area contributed by atoms with Gasteiger partial charge in [0.2, 0.25) is 11.9 Å². The molecule has 106 valence electrons. The van der Waals surface area contributed by atoms with Crippen molar-refractivity contribution in [3.05, 3.63) is 0 Å². The highest BCUT2D eigenvalue weighted by Crippen LogP contribution is 2.27. The maximum Gasteiger partial charge on any atom is 0.322 e. The van der Waals surface area contributed by atoms with Gasteiger partial charge in [-0.1, -0.05) is 13.3 Å². The van der Waals surface area contributed by atoms with E-state index in [-0.39, 0.29) is 0 Å². The number of ether oxygens (including phenoxy) is 1. The van der Waals surface area contributed by atoms with Crippen molar-refractivity contribution in [2.75, 3.05) is 37.5 Å². The Morgan fingerprint density at radius 2 is 2.11 bits per heavy atom. The Kier molecular flexibility index (Phi) is 4.76. The minimum Gasteiger partial charge on any atom is -0.467 e. The molecular formula is C13H23N5O. The van der Waals surface area contributed by atoms with Crippen LogP contribution in [0.5, 0.6) is 6.01 Å². The fourth-order valence-electron chi connectivity index (χ4n) is 2.07. The van der Waals surface area contributed by atoms with Gasteiger partial charge < -0.3 is 15.0 Å². The molecule has 0 aromatic carbocycles. The molecule has 1 N–H and O–H groups in total. The lowest BCUT2D eigenvalue weighted by molar-refractivity contribution is 0.319. The van der Waals surface area contributed by atoms with E-state index in [2.05, 4.69) is 32.1 Å². The van der Waals surface area contributed by atoms with Crippen LogP contribution < -0.4 is 15.0 Å². The van der Waals surface area contributed by atoms with Crippen LogP contribution in [0.15, 0.2) is 0 Å². The Morgan fingerprint density at radius 1 is 1.32 bits per heavy atom. The van der Waals surface area contributed by atoms with Crippen LogP contribution in [-0.4, -0.2) is 42.2 Å². The fraction of sp³-hybridized carbons (Fsp3) is 0.769. The number of methoxy groups -OCH3 is 1. The molecule has 2 rings (SSSR count). The van der Waals surface area contributed by atoms with E-state index < -0.39 is 0 Å². The van der Waals surface area contributed by atoms with Crippen molar-refractivity contribution in [3.63, 3.8) is 0 Å².